The van der Waals surface area contributed by atoms with Crippen LogP contribution in [0.2, 0.25) is 5.02 Å². The lowest BCUT2D eigenvalue weighted by atomic mass is 10.1. The van der Waals surface area contributed by atoms with Crippen LogP contribution in [0, 0.1) is 5.82 Å². The Kier molecular flexibility index (Phi) is 6.98. The summed E-state index contributed by atoms with van der Waals surface area (Å²) in [7, 11) is 0. The summed E-state index contributed by atoms with van der Waals surface area (Å²) in [5.41, 5.74) is 2.01. The van der Waals surface area contributed by atoms with Crippen LogP contribution in [0.15, 0.2) is 42.5 Å². The van der Waals surface area contributed by atoms with Crippen LogP contribution in [-0.4, -0.2) is 60.4 Å². The molecule has 3 rings (SSSR count). The summed E-state index contributed by atoms with van der Waals surface area (Å²) in [6.07, 6.45) is 0. The Hall–Kier alpha value is -2.60. The molecule has 0 bridgehead atoms. The van der Waals surface area contributed by atoms with Gasteiger partial charge in [0.05, 0.1) is 10.6 Å². The molecular weight excluding hydrogens is 405 g/mol. The van der Waals surface area contributed by atoms with Gasteiger partial charge >= 0.3 is 0 Å². The Bertz CT molecular complexity index is 909. The minimum Gasteiger partial charge on any atom is -0.369 e. The maximum Gasteiger partial charge on any atom is 0.255 e. The number of halogens is 2. The third kappa shape index (κ3) is 4.75. The molecule has 0 saturated carbocycles. The average molecular weight is 432 g/mol. The number of benzene rings is 2. The van der Waals surface area contributed by atoms with Gasteiger partial charge in [0.25, 0.3) is 11.8 Å². The van der Waals surface area contributed by atoms with E-state index in [9.17, 15) is 14.0 Å². The van der Waals surface area contributed by atoms with Gasteiger partial charge in [0, 0.05) is 50.0 Å². The van der Waals surface area contributed by atoms with Crippen molar-refractivity contribution in [3.63, 3.8) is 0 Å². The van der Waals surface area contributed by atoms with E-state index < -0.39 is 5.82 Å². The number of anilines is 1. The largest absolute Gasteiger partial charge is 0.369 e. The predicted octanol–water partition coefficient (Wildman–Crippen LogP) is 4.31. The van der Waals surface area contributed by atoms with Crippen LogP contribution in [0.4, 0.5) is 10.1 Å². The van der Waals surface area contributed by atoms with Crippen LogP contribution in [-0.2, 0) is 0 Å². The molecule has 7 heteroatoms. The van der Waals surface area contributed by atoms with Crippen LogP contribution in [0.25, 0.3) is 0 Å². The number of carbonyl (C=O) groups excluding carboxylic acids is 2. The van der Waals surface area contributed by atoms with Gasteiger partial charge in [0.2, 0.25) is 0 Å². The normalized spacial score (nSPS) is 14.2. The second kappa shape index (κ2) is 9.47. The molecule has 160 valence electrons. The quantitative estimate of drug-likeness (QED) is 0.708. The monoisotopic (exact) mass is 431 g/mol. The van der Waals surface area contributed by atoms with Crippen molar-refractivity contribution in [1.29, 1.82) is 0 Å². The Morgan fingerprint density at radius 1 is 1.00 bits per heavy atom. The van der Waals surface area contributed by atoms with E-state index in [-0.39, 0.29) is 22.4 Å². The maximum atomic E-state index is 13.2. The molecule has 0 unspecified atom stereocenters. The summed E-state index contributed by atoms with van der Waals surface area (Å²) >= 11 is 6.01. The van der Waals surface area contributed by atoms with Gasteiger partial charge < -0.3 is 14.7 Å². The van der Waals surface area contributed by atoms with Crippen molar-refractivity contribution in [2.75, 3.05) is 37.6 Å². The number of rotatable bonds is 5. The van der Waals surface area contributed by atoms with Gasteiger partial charge in [0.15, 0.2) is 0 Å². The van der Waals surface area contributed by atoms with Crippen LogP contribution >= 0.6 is 11.6 Å². The molecule has 0 spiro atoms. The van der Waals surface area contributed by atoms with Gasteiger partial charge in [-0.25, -0.2) is 4.39 Å². The standard InChI is InChI=1S/C23H27ClFN3O2/c1-4-28(16(2)3)19-8-5-17(6-9-19)22(29)26-11-13-27(14-12-26)23(30)20-10-7-18(25)15-21(20)24/h5-10,15-16H,4,11-14H2,1-3H3. The lowest BCUT2D eigenvalue weighted by molar-refractivity contribution is 0.0535. The fraction of sp³-hybridized carbons (Fsp3) is 0.391. The smallest absolute Gasteiger partial charge is 0.255 e. The molecule has 2 aromatic carbocycles. The zero-order valence-electron chi connectivity index (χ0n) is 17.6. The summed E-state index contributed by atoms with van der Waals surface area (Å²) in [6.45, 7) is 9.00. The van der Waals surface area contributed by atoms with E-state index in [1.54, 1.807) is 9.80 Å². The highest BCUT2D eigenvalue weighted by Gasteiger charge is 2.26. The number of nitrogens with zero attached hydrogens (tertiary/aromatic N) is 3. The van der Waals surface area contributed by atoms with Gasteiger partial charge in [-0.05, 0) is 63.2 Å². The minimum absolute atomic E-state index is 0.0407. The summed E-state index contributed by atoms with van der Waals surface area (Å²) < 4.78 is 13.2. The number of hydrogen-bond donors (Lipinski definition) is 0. The fourth-order valence-electron chi connectivity index (χ4n) is 3.77. The fourth-order valence-corrected chi connectivity index (χ4v) is 4.02. The van der Waals surface area contributed by atoms with Crippen LogP contribution in [0.1, 0.15) is 41.5 Å². The van der Waals surface area contributed by atoms with Crippen molar-refractivity contribution < 1.29 is 14.0 Å². The summed E-state index contributed by atoms with van der Waals surface area (Å²) in [5.74, 6) is -0.765. The Morgan fingerprint density at radius 2 is 1.57 bits per heavy atom. The van der Waals surface area contributed by atoms with Gasteiger partial charge in [-0.1, -0.05) is 11.6 Å². The summed E-state index contributed by atoms with van der Waals surface area (Å²) in [4.78, 5) is 31.2. The Labute approximate surface area is 182 Å². The van der Waals surface area contributed by atoms with E-state index >= 15 is 0 Å². The van der Waals surface area contributed by atoms with Crippen molar-refractivity contribution in [3.05, 3.63) is 64.4 Å². The van der Waals surface area contributed by atoms with Crippen molar-refractivity contribution >= 4 is 29.1 Å². The second-order valence-corrected chi connectivity index (χ2v) is 8.04. The number of amides is 2. The molecular formula is C23H27ClFN3O2. The summed E-state index contributed by atoms with van der Waals surface area (Å²) in [6, 6.07) is 11.8. The third-order valence-electron chi connectivity index (χ3n) is 5.43. The first kappa shape index (κ1) is 22.1. The molecule has 1 aliphatic heterocycles. The molecule has 2 amide bonds. The molecule has 0 atom stereocenters. The van der Waals surface area contributed by atoms with Gasteiger partial charge in [0.1, 0.15) is 5.82 Å². The van der Waals surface area contributed by atoms with Crippen LogP contribution in [0.5, 0.6) is 0 Å². The molecule has 1 aliphatic rings. The number of piperazine rings is 1. The molecule has 5 nitrogen and oxygen atoms in total. The first-order valence-corrected chi connectivity index (χ1v) is 10.6. The topological polar surface area (TPSA) is 43.9 Å². The second-order valence-electron chi connectivity index (χ2n) is 7.64. The first-order valence-electron chi connectivity index (χ1n) is 10.2. The highest BCUT2D eigenvalue weighted by Crippen LogP contribution is 2.21. The Balaban J connectivity index is 1.62. The molecule has 2 aromatic rings. The highest BCUT2D eigenvalue weighted by atomic mass is 35.5. The van der Waals surface area contributed by atoms with Crippen molar-refractivity contribution in [2.24, 2.45) is 0 Å². The van der Waals surface area contributed by atoms with Crippen molar-refractivity contribution in [1.82, 2.24) is 9.80 Å². The van der Waals surface area contributed by atoms with Gasteiger partial charge in [-0.15, -0.1) is 0 Å². The molecule has 1 fully saturated rings. The molecule has 1 saturated heterocycles. The minimum atomic E-state index is -0.478. The number of hydrogen-bond acceptors (Lipinski definition) is 3. The van der Waals surface area contributed by atoms with E-state index in [0.29, 0.717) is 37.8 Å². The van der Waals surface area contributed by atoms with E-state index in [2.05, 4.69) is 25.7 Å². The van der Waals surface area contributed by atoms with Crippen LogP contribution in [0.3, 0.4) is 0 Å². The molecule has 0 radical (unpaired) electrons. The molecule has 0 aromatic heterocycles. The van der Waals surface area contributed by atoms with E-state index in [0.717, 1.165) is 18.3 Å². The molecule has 0 N–H and O–H groups in total. The lowest BCUT2D eigenvalue weighted by Gasteiger charge is -2.35. The molecule has 0 aliphatic carbocycles. The average Bonchev–Trinajstić information content (AvgIpc) is 2.74. The number of carbonyl (C=O) groups is 2. The van der Waals surface area contributed by atoms with Crippen molar-refractivity contribution in [3.8, 4) is 0 Å². The molecule has 1 heterocycles. The van der Waals surface area contributed by atoms with Gasteiger partial charge in [-0.3, -0.25) is 9.59 Å². The predicted molar refractivity (Wildman–Crippen MR) is 118 cm³/mol. The van der Waals surface area contributed by atoms with Crippen LogP contribution < -0.4 is 4.90 Å². The summed E-state index contributed by atoms with van der Waals surface area (Å²) in [5, 5.41) is 0.0983. The third-order valence-corrected chi connectivity index (χ3v) is 5.74. The van der Waals surface area contributed by atoms with E-state index in [1.165, 1.54) is 12.1 Å². The highest BCUT2D eigenvalue weighted by molar-refractivity contribution is 6.33. The van der Waals surface area contributed by atoms with E-state index in [1.807, 2.05) is 24.3 Å². The van der Waals surface area contributed by atoms with Crippen molar-refractivity contribution in [2.45, 2.75) is 26.8 Å². The molecule has 30 heavy (non-hydrogen) atoms. The first-order chi connectivity index (χ1) is 14.3. The zero-order chi connectivity index (χ0) is 21.8. The maximum absolute atomic E-state index is 13.2. The Morgan fingerprint density at radius 3 is 2.07 bits per heavy atom. The van der Waals surface area contributed by atoms with Gasteiger partial charge in [-0.2, -0.15) is 0 Å². The van der Waals surface area contributed by atoms with E-state index in [4.69, 9.17) is 11.6 Å². The lowest BCUT2D eigenvalue weighted by Crippen LogP contribution is -2.50. The SMILES string of the molecule is CCN(c1ccc(C(=O)N2CCN(C(=O)c3ccc(F)cc3Cl)CC2)cc1)C(C)C. The zero-order valence-corrected chi connectivity index (χ0v) is 18.3.